The number of hydrogen-bond acceptors (Lipinski definition) is 1. The summed E-state index contributed by atoms with van der Waals surface area (Å²) in [6.07, 6.45) is 3.69. The van der Waals surface area contributed by atoms with Crippen LogP contribution in [0.2, 0.25) is 0 Å². The Labute approximate surface area is 82.2 Å². The van der Waals surface area contributed by atoms with Crippen LogP contribution in [0.3, 0.4) is 0 Å². The van der Waals surface area contributed by atoms with Crippen LogP contribution in [0.1, 0.15) is 0 Å². The second-order valence-electron chi connectivity index (χ2n) is 3.03. The molecule has 0 atom stereocenters. The molecule has 0 saturated carbocycles. The first-order chi connectivity index (χ1) is 6.86. The highest BCUT2D eigenvalue weighted by Gasteiger charge is 1.89. The Morgan fingerprint density at radius 2 is 1.57 bits per heavy atom. The van der Waals surface area contributed by atoms with Crippen molar-refractivity contribution in [1.29, 1.82) is 0 Å². The molecule has 0 saturated heterocycles. The largest absolute Gasteiger partial charge is 0.508 e. The summed E-state index contributed by atoms with van der Waals surface area (Å²) in [5.74, 6) is 0.290. The van der Waals surface area contributed by atoms with Crippen molar-refractivity contribution in [3.63, 3.8) is 0 Å². The van der Waals surface area contributed by atoms with Crippen LogP contribution in [0.25, 0.3) is 10.8 Å². The van der Waals surface area contributed by atoms with Crippen LogP contribution in [0.15, 0.2) is 54.9 Å². The summed E-state index contributed by atoms with van der Waals surface area (Å²) >= 11 is 0. The Morgan fingerprint density at radius 3 is 2.36 bits per heavy atom. The molecule has 2 rings (SSSR count). The molecule has 0 aliphatic heterocycles. The fourth-order valence-corrected chi connectivity index (χ4v) is 1.33. The number of aromatic nitrogens is 1. The number of aromatic amines is 1. The average Bonchev–Trinajstić information content (AvgIpc) is 2.29. The van der Waals surface area contributed by atoms with Gasteiger partial charge in [0.15, 0.2) is 0 Å². The van der Waals surface area contributed by atoms with Crippen LogP contribution in [-0.4, -0.2) is 10.1 Å². The molecule has 14 heavy (non-hydrogen) atoms. The number of hydrogen-bond donors (Lipinski definition) is 2. The first-order valence-electron chi connectivity index (χ1n) is 4.45. The van der Waals surface area contributed by atoms with Gasteiger partial charge in [0.2, 0.25) is 0 Å². The van der Waals surface area contributed by atoms with E-state index in [0.717, 1.165) is 10.8 Å². The van der Waals surface area contributed by atoms with E-state index in [9.17, 15) is 5.11 Å². The summed E-state index contributed by atoms with van der Waals surface area (Å²) in [7, 11) is 0. The number of nitrogens with one attached hydrogen (secondary N) is 1. The van der Waals surface area contributed by atoms with Gasteiger partial charge in [-0.2, -0.15) is 0 Å². The van der Waals surface area contributed by atoms with E-state index in [0.29, 0.717) is 0 Å². The number of H-pyrrole nitrogens is 1. The van der Waals surface area contributed by atoms with Crippen molar-refractivity contribution in [3.05, 3.63) is 54.9 Å². The molecule has 2 heteroatoms. The number of aromatic hydroxyl groups is 1. The Hall–Kier alpha value is -1.96. The number of phenolic OH excluding ortho intramolecular Hbond substituents is 1. The molecule has 70 valence electrons. The van der Waals surface area contributed by atoms with Gasteiger partial charge >= 0.3 is 0 Å². The maximum Gasteiger partial charge on any atom is 0.116 e. The quantitative estimate of drug-likeness (QED) is 0.650. The standard InChI is InChI=1S/C12H11NO/c14-12-6-5-10-3-1-7-13-8-2-4-11(10)9-12/h1-9,13-14H. The second kappa shape index (κ2) is 3.83. The average molecular weight is 185 g/mol. The predicted molar refractivity (Wildman–Crippen MR) is 57.6 cm³/mol. The van der Waals surface area contributed by atoms with Gasteiger partial charge in [0, 0.05) is 12.4 Å². The van der Waals surface area contributed by atoms with Gasteiger partial charge in [-0.05, 0) is 35.0 Å². The normalized spacial score (nSPS) is 9.71. The highest BCUT2D eigenvalue weighted by Crippen LogP contribution is 2.17. The molecule has 0 amide bonds. The second-order valence-corrected chi connectivity index (χ2v) is 3.03. The molecule has 0 fully saturated rings. The first kappa shape index (κ1) is 8.63. The van der Waals surface area contributed by atoms with E-state index in [4.69, 9.17) is 0 Å². The van der Waals surface area contributed by atoms with Gasteiger partial charge in [-0.25, -0.2) is 0 Å². The smallest absolute Gasteiger partial charge is 0.116 e. The number of rotatable bonds is 0. The molecular formula is C12H11NO. The van der Waals surface area contributed by atoms with Crippen LogP contribution in [0.5, 0.6) is 5.75 Å². The lowest BCUT2D eigenvalue weighted by Gasteiger charge is -1.93. The highest BCUT2D eigenvalue weighted by molar-refractivity contribution is 5.82. The molecule has 2 N–H and O–H groups in total. The molecule has 2 aromatic rings. The van der Waals surface area contributed by atoms with Crippen LogP contribution in [0, 0.1) is 0 Å². The van der Waals surface area contributed by atoms with E-state index >= 15 is 0 Å². The zero-order valence-electron chi connectivity index (χ0n) is 7.64. The molecule has 1 heterocycles. The van der Waals surface area contributed by atoms with Crippen LogP contribution < -0.4 is 0 Å². The van der Waals surface area contributed by atoms with Crippen molar-refractivity contribution in [1.82, 2.24) is 4.98 Å². The minimum Gasteiger partial charge on any atom is -0.508 e. The van der Waals surface area contributed by atoms with Gasteiger partial charge in [-0.15, -0.1) is 0 Å². The van der Waals surface area contributed by atoms with Crippen LogP contribution in [0.4, 0.5) is 0 Å². The van der Waals surface area contributed by atoms with Crippen LogP contribution in [-0.2, 0) is 0 Å². The molecule has 1 aromatic heterocycles. The number of phenols is 1. The van der Waals surface area contributed by atoms with Crippen molar-refractivity contribution in [2.75, 3.05) is 0 Å². The summed E-state index contributed by atoms with van der Waals surface area (Å²) in [6, 6.07) is 13.1. The van der Waals surface area contributed by atoms with Crippen LogP contribution >= 0.6 is 0 Å². The lowest BCUT2D eigenvalue weighted by Crippen LogP contribution is -1.66. The Bertz CT molecular complexity index is 486. The van der Waals surface area contributed by atoms with Gasteiger partial charge in [0.05, 0.1) is 0 Å². The predicted octanol–water partition coefficient (Wildman–Crippen LogP) is 3.00. The fraction of sp³-hybridized carbons (Fsp3) is 0. The van der Waals surface area contributed by atoms with E-state index in [1.807, 2.05) is 42.7 Å². The number of benzene rings is 1. The maximum absolute atomic E-state index is 9.33. The van der Waals surface area contributed by atoms with Crippen molar-refractivity contribution in [2.24, 2.45) is 0 Å². The lowest BCUT2D eigenvalue weighted by molar-refractivity contribution is 0.476. The zero-order chi connectivity index (χ0) is 9.80. The van der Waals surface area contributed by atoms with E-state index in [-0.39, 0.29) is 5.75 Å². The summed E-state index contributed by atoms with van der Waals surface area (Å²) in [5, 5.41) is 11.4. The third-order valence-electron chi connectivity index (χ3n) is 2.01. The van der Waals surface area contributed by atoms with E-state index < -0.39 is 0 Å². The summed E-state index contributed by atoms with van der Waals surface area (Å²) in [5.41, 5.74) is 0. The van der Waals surface area contributed by atoms with Gasteiger partial charge in [0.1, 0.15) is 5.75 Å². The van der Waals surface area contributed by atoms with E-state index in [1.54, 1.807) is 12.1 Å². The third kappa shape index (κ3) is 1.85. The SMILES string of the molecule is Oc1ccc2ccc[nH]cccc2c1. The van der Waals surface area contributed by atoms with Crippen molar-refractivity contribution in [2.45, 2.75) is 0 Å². The number of fused-ring (bicyclic) bond motifs is 1. The van der Waals surface area contributed by atoms with Crippen molar-refractivity contribution >= 4 is 10.8 Å². The summed E-state index contributed by atoms with van der Waals surface area (Å²) < 4.78 is 0. The minimum absolute atomic E-state index is 0.290. The fourth-order valence-electron chi connectivity index (χ4n) is 1.33. The van der Waals surface area contributed by atoms with Gasteiger partial charge < -0.3 is 10.1 Å². The molecule has 0 aliphatic rings. The first-order valence-corrected chi connectivity index (χ1v) is 4.45. The topological polar surface area (TPSA) is 36.0 Å². The molecule has 1 aromatic carbocycles. The summed E-state index contributed by atoms with van der Waals surface area (Å²) in [6.45, 7) is 0. The summed E-state index contributed by atoms with van der Waals surface area (Å²) in [4.78, 5) is 2.99. The monoisotopic (exact) mass is 185 g/mol. The third-order valence-corrected chi connectivity index (χ3v) is 2.01. The van der Waals surface area contributed by atoms with Gasteiger partial charge in [-0.3, -0.25) is 0 Å². The van der Waals surface area contributed by atoms with Gasteiger partial charge in [-0.1, -0.05) is 18.2 Å². The molecular weight excluding hydrogens is 174 g/mol. The maximum atomic E-state index is 9.33. The highest BCUT2D eigenvalue weighted by atomic mass is 16.3. The molecule has 0 unspecified atom stereocenters. The zero-order valence-corrected chi connectivity index (χ0v) is 7.64. The molecule has 0 radical (unpaired) electrons. The Kier molecular flexibility index (Phi) is 2.36. The Balaban J connectivity index is 2.81. The van der Waals surface area contributed by atoms with Gasteiger partial charge in [0.25, 0.3) is 0 Å². The molecule has 2 nitrogen and oxygen atoms in total. The minimum atomic E-state index is 0.290. The van der Waals surface area contributed by atoms with E-state index in [2.05, 4.69) is 4.98 Å². The molecule has 0 aliphatic carbocycles. The lowest BCUT2D eigenvalue weighted by atomic mass is 10.2. The van der Waals surface area contributed by atoms with Crippen molar-refractivity contribution < 1.29 is 5.11 Å². The van der Waals surface area contributed by atoms with E-state index in [1.165, 1.54) is 0 Å². The van der Waals surface area contributed by atoms with Crippen molar-refractivity contribution in [3.8, 4) is 5.75 Å². The molecule has 0 bridgehead atoms. The molecule has 0 spiro atoms. The Morgan fingerprint density at radius 1 is 0.857 bits per heavy atom.